The van der Waals surface area contributed by atoms with Gasteiger partial charge in [0.05, 0.1) is 24.6 Å². The van der Waals surface area contributed by atoms with Crippen molar-refractivity contribution in [2.45, 2.75) is 32.5 Å². The third-order valence-corrected chi connectivity index (χ3v) is 3.67. The van der Waals surface area contributed by atoms with Gasteiger partial charge < -0.3 is 10.1 Å². The summed E-state index contributed by atoms with van der Waals surface area (Å²) in [6, 6.07) is 11.9. The van der Waals surface area contributed by atoms with E-state index in [0.717, 1.165) is 17.7 Å². The van der Waals surface area contributed by atoms with Crippen LogP contribution < -0.4 is 10.1 Å². The van der Waals surface area contributed by atoms with Gasteiger partial charge in [-0.1, -0.05) is 30.3 Å². The van der Waals surface area contributed by atoms with Crippen LogP contribution in [0.3, 0.4) is 0 Å². The van der Waals surface area contributed by atoms with Crippen LogP contribution in [-0.4, -0.2) is 12.5 Å². The van der Waals surface area contributed by atoms with E-state index in [-0.39, 0.29) is 18.4 Å². The van der Waals surface area contributed by atoms with Crippen LogP contribution in [0.25, 0.3) is 0 Å². The molecule has 0 saturated carbocycles. The number of halogens is 3. The van der Waals surface area contributed by atoms with Crippen molar-refractivity contribution in [1.29, 1.82) is 0 Å². The maximum atomic E-state index is 12.7. The molecule has 134 valence electrons. The number of alkyl halides is 3. The lowest BCUT2D eigenvalue weighted by atomic mass is 10.1. The molecule has 1 unspecified atom stereocenters. The molecule has 0 aliphatic rings. The Morgan fingerprint density at radius 1 is 1.16 bits per heavy atom. The smallest absolute Gasteiger partial charge is 0.416 e. The van der Waals surface area contributed by atoms with Gasteiger partial charge in [-0.2, -0.15) is 13.2 Å². The maximum absolute atomic E-state index is 12.7. The Morgan fingerprint density at radius 3 is 2.56 bits per heavy atom. The van der Waals surface area contributed by atoms with Gasteiger partial charge in [-0.25, -0.2) is 0 Å². The lowest BCUT2D eigenvalue weighted by Gasteiger charge is -2.16. The molecule has 3 nitrogen and oxygen atoms in total. The summed E-state index contributed by atoms with van der Waals surface area (Å²) >= 11 is 0. The van der Waals surface area contributed by atoms with Gasteiger partial charge in [-0.15, -0.1) is 0 Å². The number of carbonyl (C=O) groups is 1. The fourth-order valence-electron chi connectivity index (χ4n) is 2.46. The van der Waals surface area contributed by atoms with E-state index >= 15 is 0 Å². The normalized spacial score (nSPS) is 12.5. The van der Waals surface area contributed by atoms with Crippen molar-refractivity contribution in [1.82, 2.24) is 5.32 Å². The molecule has 0 aromatic heterocycles. The van der Waals surface area contributed by atoms with E-state index in [9.17, 15) is 18.0 Å². The average Bonchev–Trinajstić information content (AvgIpc) is 2.54. The number of nitrogens with one attached hydrogen (secondary N) is 1. The second-order valence-electron chi connectivity index (χ2n) is 5.67. The minimum atomic E-state index is -4.42. The molecule has 0 bridgehead atoms. The number of hydrogen-bond donors (Lipinski definition) is 1. The van der Waals surface area contributed by atoms with Crippen LogP contribution in [0.5, 0.6) is 5.75 Å². The van der Waals surface area contributed by atoms with Crippen molar-refractivity contribution in [3.05, 3.63) is 65.2 Å². The fourth-order valence-corrected chi connectivity index (χ4v) is 2.46. The van der Waals surface area contributed by atoms with E-state index in [2.05, 4.69) is 5.32 Å². The standard InChI is InChI=1S/C19H20F3NO2/c1-3-25-17-9-5-7-15(12-17)13(2)23-18(24)11-14-6-4-8-16(10-14)19(20,21)22/h4-10,12-13H,3,11H2,1-2H3,(H,23,24). The first kappa shape index (κ1) is 18.8. The van der Waals surface area contributed by atoms with Crippen LogP contribution >= 0.6 is 0 Å². The van der Waals surface area contributed by atoms with E-state index in [1.165, 1.54) is 12.1 Å². The summed E-state index contributed by atoms with van der Waals surface area (Å²) in [4.78, 5) is 12.1. The second-order valence-corrected chi connectivity index (χ2v) is 5.67. The van der Waals surface area contributed by atoms with Crippen molar-refractivity contribution in [2.75, 3.05) is 6.61 Å². The summed E-state index contributed by atoms with van der Waals surface area (Å²) in [6.45, 7) is 4.24. The van der Waals surface area contributed by atoms with Crippen molar-refractivity contribution in [3.8, 4) is 5.75 Å². The van der Waals surface area contributed by atoms with E-state index in [1.54, 1.807) is 0 Å². The molecule has 0 fully saturated rings. The highest BCUT2D eigenvalue weighted by atomic mass is 19.4. The van der Waals surface area contributed by atoms with Crippen LogP contribution in [0.15, 0.2) is 48.5 Å². The minimum Gasteiger partial charge on any atom is -0.494 e. The highest BCUT2D eigenvalue weighted by Crippen LogP contribution is 2.29. The topological polar surface area (TPSA) is 38.3 Å². The molecular weight excluding hydrogens is 331 g/mol. The molecule has 0 heterocycles. The molecule has 2 aromatic rings. The quantitative estimate of drug-likeness (QED) is 0.831. The Balaban J connectivity index is 2.01. The van der Waals surface area contributed by atoms with Crippen molar-refractivity contribution >= 4 is 5.91 Å². The Bertz CT molecular complexity index is 729. The monoisotopic (exact) mass is 351 g/mol. The third kappa shape index (κ3) is 5.52. The van der Waals surface area contributed by atoms with Crippen LogP contribution in [0, 0.1) is 0 Å². The summed E-state index contributed by atoms with van der Waals surface area (Å²) in [5.41, 5.74) is 0.432. The number of amides is 1. The average molecular weight is 351 g/mol. The molecule has 0 aliphatic heterocycles. The van der Waals surface area contributed by atoms with Crippen LogP contribution in [0.1, 0.15) is 36.6 Å². The first-order valence-electron chi connectivity index (χ1n) is 7.98. The molecule has 0 radical (unpaired) electrons. The van der Waals surface area contributed by atoms with Gasteiger partial charge in [0.25, 0.3) is 0 Å². The Kier molecular flexibility index (Phi) is 6.07. The lowest BCUT2D eigenvalue weighted by molar-refractivity contribution is -0.137. The lowest BCUT2D eigenvalue weighted by Crippen LogP contribution is -2.28. The van der Waals surface area contributed by atoms with Gasteiger partial charge in [0.2, 0.25) is 5.91 Å². The van der Waals surface area contributed by atoms with Gasteiger partial charge in [-0.05, 0) is 43.2 Å². The molecule has 1 amide bonds. The summed E-state index contributed by atoms with van der Waals surface area (Å²) in [5.74, 6) is 0.368. The summed E-state index contributed by atoms with van der Waals surface area (Å²) < 4.78 is 43.6. The molecule has 1 N–H and O–H groups in total. The molecular formula is C19H20F3NO2. The summed E-state index contributed by atoms with van der Waals surface area (Å²) in [7, 11) is 0. The van der Waals surface area contributed by atoms with Gasteiger partial charge in [0.1, 0.15) is 5.75 Å². The van der Waals surface area contributed by atoms with Gasteiger partial charge in [-0.3, -0.25) is 4.79 Å². The number of hydrogen-bond acceptors (Lipinski definition) is 2. The van der Waals surface area contributed by atoms with Crippen LogP contribution in [0.4, 0.5) is 13.2 Å². The summed E-state index contributed by atoms with van der Waals surface area (Å²) in [6.07, 6.45) is -4.53. The predicted octanol–water partition coefficient (Wildman–Crippen LogP) is 4.52. The molecule has 25 heavy (non-hydrogen) atoms. The zero-order valence-corrected chi connectivity index (χ0v) is 14.1. The van der Waals surface area contributed by atoms with Crippen LogP contribution in [-0.2, 0) is 17.4 Å². The molecule has 6 heteroatoms. The van der Waals surface area contributed by atoms with Crippen molar-refractivity contribution in [2.24, 2.45) is 0 Å². The van der Waals surface area contributed by atoms with Gasteiger partial charge >= 0.3 is 6.18 Å². The zero-order chi connectivity index (χ0) is 18.4. The largest absolute Gasteiger partial charge is 0.494 e. The molecule has 1 atom stereocenters. The van der Waals surface area contributed by atoms with Crippen molar-refractivity contribution < 1.29 is 22.7 Å². The number of ether oxygens (including phenoxy) is 1. The van der Waals surface area contributed by atoms with Gasteiger partial charge in [0.15, 0.2) is 0 Å². The van der Waals surface area contributed by atoms with Gasteiger partial charge in [0, 0.05) is 0 Å². The number of rotatable bonds is 6. The van der Waals surface area contributed by atoms with E-state index in [4.69, 9.17) is 4.74 Å². The minimum absolute atomic E-state index is 0.112. The third-order valence-electron chi connectivity index (χ3n) is 3.67. The first-order chi connectivity index (χ1) is 11.8. The second kappa shape index (κ2) is 8.05. The first-order valence-corrected chi connectivity index (χ1v) is 7.98. The van der Waals surface area contributed by atoms with Crippen LogP contribution in [0.2, 0.25) is 0 Å². The molecule has 0 saturated heterocycles. The maximum Gasteiger partial charge on any atom is 0.416 e. The molecule has 2 aromatic carbocycles. The van der Waals surface area contributed by atoms with E-state index in [0.29, 0.717) is 17.9 Å². The Morgan fingerprint density at radius 2 is 1.88 bits per heavy atom. The summed E-state index contributed by atoms with van der Waals surface area (Å²) in [5, 5.41) is 2.80. The molecule has 0 spiro atoms. The predicted molar refractivity (Wildman–Crippen MR) is 89.3 cm³/mol. The zero-order valence-electron chi connectivity index (χ0n) is 14.1. The highest BCUT2D eigenvalue weighted by Gasteiger charge is 2.30. The Hall–Kier alpha value is -2.50. The SMILES string of the molecule is CCOc1cccc(C(C)NC(=O)Cc2cccc(C(F)(F)F)c2)c1. The Labute approximate surface area is 144 Å². The van der Waals surface area contributed by atoms with E-state index in [1.807, 2.05) is 38.1 Å². The fraction of sp³-hybridized carbons (Fsp3) is 0.316. The van der Waals surface area contributed by atoms with Crippen molar-refractivity contribution in [3.63, 3.8) is 0 Å². The van der Waals surface area contributed by atoms with E-state index < -0.39 is 11.7 Å². The molecule has 0 aliphatic carbocycles. The highest BCUT2D eigenvalue weighted by molar-refractivity contribution is 5.79. The number of benzene rings is 2. The number of carbonyl (C=O) groups excluding carboxylic acids is 1. The molecule has 2 rings (SSSR count).